The topological polar surface area (TPSA) is 64.6 Å². The van der Waals surface area contributed by atoms with Crippen molar-refractivity contribution in [3.63, 3.8) is 0 Å². The molecule has 0 fully saturated rings. The Morgan fingerprint density at radius 2 is 1.84 bits per heavy atom. The Balaban J connectivity index is 2.08. The summed E-state index contributed by atoms with van der Waals surface area (Å²) in [7, 11) is 1.29. The second-order valence-corrected chi connectivity index (χ2v) is 6.17. The lowest BCUT2D eigenvalue weighted by molar-refractivity contribution is -0.122. The molecule has 0 spiro atoms. The summed E-state index contributed by atoms with van der Waals surface area (Å²) in [6.07, 6.45) is -0.806. The summed E-state index contributed by atoms with van der Waals surface area (Å²) in [6, 6.07) is 9.67. The fraction of sp³-hybridized carbons (Fsp3) is 0.222. The molecule has 0 heterocycles. The second kappa shape index (κ2) is 8.23. The SMILES string of the molecule is COC(=O)c1cccc(NC(=O)C(C)Oc2cc(C)c(Cl)cc2Cl)c1. The third-order valence-corrected chi connectivity index (χ3v) is 4.14. The zero-order valence-electron chi connectivity index (χ0n) is 13.9. The maximum Gasteiger partial charge on any atom is 0.337 e. The maximum atomic E-state index is 12.3. The lowest BCUT2D eigenvalue weighted by atomic mass is 10.2. The number of esters is 1. The van der Waals surface area contributed by atoms with Gasteiger partial charge in [0.15, 0.2) is 6.10 Å². The van der Waals surface area contributed by atoms with Gasteiger partial charge in [-0.15, -0.1) is 0 Å². The molecule has 2 aromatic rings. The van der Waals surface area contributed by atoms with Gasteiger partial charge in [-0.1, -0.05) is 29.3 Å². The predicted molar refractivity (Wildman–Crippen MR) is 97.7 cm³/mol. The largest absolute Gasteiger partial charge is 0.479 e. The first-order chi connectivity index (χ1) is 11.8. The zero-order chi connectivity index (χ0) is 18.6. The van der Waals surface area contributed by atoms with E-state index < -0.39 is 12.1 Å². The highest BCUT2D eigenvalue weighted by Gasteiger charge is 2.18. The zero-order valence-corrected chi connectivity index (χ0v) is 15.4. The van der Waals surface area contributed by atoms with Crippen LogP contribution in [0, 0.1) is 6.92 Å². The first kappa shape index (κ1) is 19.1. The fourth-order valence-electron chi connectivity index (χ4n) is 2.05. The second-order valence-electron chi connectivity index (χ2n) is 5.35. The molecule has 1 atom stereocenters. The average molecular weight is 382 g/mol. The van der Waals surface area contributed by atoms with Crippen LogP contribution in [0.25, 0.3) is 0 Å². The number of carbonyl (C=O) groups is 2. The molecule has 2 aromatic carbocycles. The summed E-state index contributed by atoms with van der Waals surface area (Å²) in [5.41, 5.74) is 1.59. The highest BCUT2D eigenvalue weighted by atomic mass is 35.5. The number of hydrogen-bond acceptors (Lipinski definition) is 4. The van der Waals surface area contributed by atoms with Gasteiger partial charge in [-0.25, -0.2) is 4.79 Å². The Hall–Kier alpha value is -2.24. The van der Waals surface area contributed by atoms with E-state index in [0.29, 0.717) is 27.0 Å². The van der Waals surface area contributed by atoms with Gasteiger partial charge in [-0.05, 0) is 49.7 Å². The third kappa shape index (κ3) is 4.87. The molecule has 1 N–H and O–H groups in total. The van der Waals surface area contributed by atoms with E-state index in [1.165, 1.54) is 13.2 Å². The normalized spacial score (nSPS) is 11.6. The monoisotopic (exact) mass is 381 g/mol. The number of methoxy groups -OCH3 is 1. The van der Waals surface area contributed by atoms with Crippen molar-refractivity contribution in [1.29, 1.82) is 0 Å². The van der Waals surface area contributed by atoms with E-state index in [-0.39, 0.29) is 5.91 Å². The van der Waals surface area contributed by atoms with E-state index in [1.807, 2.05) is 6.92 Å². The van der Waals surface area contributed by atoms with Crippen LogP contribution in [-0.4, -0.2) is 25.1 Å². The fourth-order valence-corrected chi connectivity index (χ4v) is 2.48. The molecule has 0 radical (unpaired) electrons. The van der Waals surface area contributed by atoms with Crippen LogP contribution < -0.4 is 10.1 Å². The molecule has 0 aliphatic carbocycles. The van der Waals surface area contributed by atoms with Crippen LogP contribution >= 0.6 is 23.2 Å². The molecule has 7 heteroatoms. The van der Waals surface area contributed by atoms with Crippen molar-refractivity contribution in [2.75, 3.05) is 12.4 Å². The molecule has 132 valence electrons. The summed E-state index contributed by atoms with van der Waals surface area (Å²) >= 11 is 12.1. The molecule has 0 saturated carbocycles. The molecular formula is C18H17Cl2NO4. The summed E-state index contributed by atoms with van der Waals surface area (Å²) in [4.78, 5) is 23.8. The molecule has 2 rings (SSSR count). The van der Waals surface area contributed by atoms with Gasteiger partial charge >= 0.3 is 5.97 Å². The Kier molecular flexibility index (Phi) is 6.28. The molecule has 0 saturated heterocycles. The van der Waals surface area contributed by atoms with E-state index in [4.69, 9.17) is 27.9 Å². The van der Waals surface area contributed by atoms with E-state index >= 15 is 0 Å². The van der Waals surface area contributed by atoms with Crippen molar-refractivity contribution in [3.05, 3.63) is 57.6 Å². The van der Waals surface area contributed by atoms with Crippen LogP contribution in [0.3, 0.4) is 0 Å². The summed E-state index contributed by atoms with van der Waals surface area (Å²) in [5, 5.41) is 3.53. The number of aryl methyl sites for hydroxylation is 1. The van der Waals surface area contributed by atoms with Gasteiger partial charge in [-0.3, -0.25) is 4.79 Å². The van der Waals surface area contributed by atoms with Crippen molar-refractivity contribution in [2.45, 2.75) is 20.0 Å². The van der Waals surface area contributed by atoms with Crippen LogP contribution in [0.5, 0.6) is 5.75 Å². The van der Waals surface area contributed by atoms with Gasteiger partial charge in [0.25, 0.3) is 5.91 Å². The quantitative estimate of drug-likeness (QED) is 0.774. The van der Waals surface area contributed by atoms with Gasteiger partial charge in [0.05, 0.1) is 17.7 Å². The van der Waals surface area contributed by atoms with Crippen LogP contribution in [0.15, 0.2) is 36.4 Å². The Morgan fingerprint density at radius 1 is 1.12 bits per heavy atom. The molecule has 1 amide bonds. The van der Waals surface area contributed by atoms with E-state index in [0.717, 1.165) is 5.56 Å². The van der Waals surface area contributed by atoms with Crippen molar-refractivity contribution in [1.82, 2.24) is 0 Å². The molecule has 0 aliphatic rings. The third-order valence-electron chi connectivity index (χ3n) is 3.44. The van der Waals surface area contributed by atoms with Crippen molar-refractivity contribution in [3.8, 4) is 5.75 Å². The number of hydrogen-bond donors (Lipinski definition) is 1. The highest BCUT2D eigenvalue weighted by molar-refractivity contribution is 6.36. The van der Waals surface area contributed by atoms with Gasteiger partial charge in [0, 0.05) is 10.7 Å². The van der Waals surface area contributed by atoms with Crippen molar-refractivity contribution < 1.29 is 19.1 Å². The number of nitrogens with one attached hydrogen (secondary N) is 1. The van der Waals surface area contributed by atoms with Crippen molar-refractivity contribution >= 4 is 40.8 Å². The van der Waals surface area contributed by atoms with Gasteiger partial charge in [-0.2, -0.15) is 0 Å². The average Bonchev–Trinajstić information content (AvgIpc) is 2.59. The number of amides is 1. The van der Waals surface area contributed by atoms with E-state index in [9.17, 15) is 9.59 Å². The van der Waals surface area contributed by atoms with E-state index in [1.54, 1.807) is 37.3 Å². The first-order valence-electron chi connectivity index (χ1n) is 7.43. The standard InChI is InChI=1S/C18H17Cl2NO4/c1-10-7-16(15(20)9-14(10)19)25-11(2)17(22)21-13-6-4-5-12(8-13)18(23)24-3/h4-9,11H,1-3H3,(H,21,22). The number of halogens is 2. The predicted octanol–water partition coefficient (Wildman–Crippen LogP) is 4.49. The maximum absolute atomic E-state index is 12.3. The minimum Gasteiger partial charge on any atom is -0.479 e. The Labute approximate surface area is 155 Å². The minimum atomic E-state index is -0.806. The Morgan fingerprint density at radius 3 is 2.52 bits per heavy atom. The number of ether oxygens (including phenoxy) is 2. The van der Waals surface area contributed by atoms with Crippen LogP contribution in [0.1, 0.15) is 22.8 Å². The molecule has 5 nitrogen and oxygen atoms in total. The van der Waals surface area contributed by atoms with Gasteiger partial charge < -0.3 is 14.8 Å². The summed E-state index contributed by atoms with van der Waals surface area (Å²) in [5.74, 6) is -0.496. The molecule has 0 bridgehead atoms. The van der Waals surface area contributed by atoms with Gasteiger partial charge in [0.2, 0.25) is 0 Å². The Bertz CT molecular complexity index is 808. The first-order valence-corrected chi connectivity index (χ1v) is 8.19. The molecule has 1 unspecified atom stereocenters. The number of rotatable bonds is 5. The van der Waals surface area contributed by atoms with Crippen LogP contribution in [0.2, 0.25) is 10.0 Å². The molecular weight excluding hydrogens is 365 g/mol. The molecule has 0 aliphatic heterocycles. The smallest absolute Gasteiger partial charge is 0.337 e. The number of anilines is 1. The lowest BCUT2D eigenvalue weighted by Gasteiger charge is -2.16. The summed E-state index contributed by atoms with van der Waals surface area (Å²) in [6.45, 7) is 3.41. The highest BCUT2D eigenvalue weighted by Crippen LogP contribution is 2.31. The lowest BCUT2D eigenvalue weighted by Crippen LogP contribution is -2.30. The van der Waals surface area contributed by atoms with Crippen LogP contribution in [-0.2, 0) is 9.53 Å². The summed E-state index contributed by atoms with van der Waals surface area (Å²) < 4.78 is 10.3. The molecule has 25 heavy (non-hydrogen) atoms. The number of carbonyl (C=O) groups excluding carboxylic acids is 2. The van der Waals surface area contributed by atoms with E-state index in [2.05, 4.69) is 10.1 Å². The minimum absolute atomic E-state index is 0.322. The molecule has 0 aromatic heterocycles. The van der Waals surface area contributed by atoms with Crippen molar-refractivity contribution in [2.24, 2.45) is 0 Å². The number of benzene rings is 2. The van der Waals surface area contributed by atoms with Gasteiger partial charge in [0.1, 0.15) is 5.75 Å². The van der Waals surface area contributed by atoms with Crippen LogP contribution in [0.4, 0.5) is 5.69 Å².